The second kappa shape index (κ2) is 7.63. The maximum atomic E-state index is 13.3. The Hall–Kier alpha value is -3.87. The lowest BCUT2D eigenvalue weighted by atomic mass is 10.2. The molecule has 0 aliphatic heterocycles. The topological polar surface area (TPSA) is 59.8 Å². The Bertz CT molecular complexity index is 1110. The zero-order chi connectivity index (χ0) is 20.4. The highest BCUT2D eigenvalue weighted by Gasteiger charge is 2.19. The molecule has 0 fully saturated rings. The molecule has 0 saturated carbocycles. The van der Waals surface area contributed by atoms with Gasteiger partial charge in [-0.2, -0.15) is 0 Å². The molecule has 4 aromatic rings. The Morgan fingerprint density at radius 2 is 1.59 bits per heavy atom. The van der Waals surface area contributed by atoms with Gasteiger partial charge in [-0.25, -0.2) is 18.4 Å². The third kappa shape index (κ3) is 4.03. The monoisotopic (exact) mass is 390 g/mol. The van der Waals surface area contributed by atoms with Crippen LogP contribution in [0.1, 0.15) is 16.2 Å². The zero-order valence-electron chi connectivity index (χ0n) is 15.4. The van der Waals surface area contributed by atoms with Crippen LogP contribution in [0.25, 0.3) is 17.1 Å². The number of nitrogens with zero attached hydrogens (tertiary/aromatic N) is 3. The number of halogens is 2. The fourth-order valence-corrected chi connectivity index (χ4v) is 2.87. The van der Waals surface area contributed by atoms with Crippen LogP contribution in [0.5, 0.6) is 0 Å². The van der Waals surface area contributed by atoms with Gasteiger partial charge in [-0.3, -0.25) is 4.79 Å². The van der Waals surface area contributed by atoms with E-state index in [0.29, 0.717) is 22.8 Å². The molecule has 144 valence electrons. The molecule has 0 saturated heterocycles. The van der Waals surface area contributed by atoms with E-state index in [1.165, 1.54) is 41.1 Å². The maximum absolute atomic E-state index is 13.3. The first kappa shape index (κ1) is 18.5. The van der Waals surface area contributed by atoms with Crippen LogP contribution < -0.4 is 5.32 Å². The lowest BCUT2D eigenvalue weighted by Crippen LogP contribution is -2.14. The number of amides is 1. The summed E-state index contributed by atoms with van der Waals surface area (Å²) < 4.78 is 28.1. The summed E-state index contributed by atoms with van der Waals surface area (Å²) in [7, 11) is 0. The summed E-state index contributed by atoms with van der Waals surface area (Å²) in [5.74, 6) is -0.991. The van der Waals surface area contributed by atoms with E-state index in [-0.39, 0.29) is 11.6 Å². The van der Waals surface area contributed by atoms with Gasteiger partial charge in [-0.05, 0) is 73.2 Å². The first-order valence-corrected chi connectivity index (χ1v) is 8.86. The molecule has 1 N–H and O–H groups in total. The predicted molar refractivity (Wildman–Crippen MR) is 106 cm³/mol. The molecule has 29 heavy (non-hydrogen) atoms. The average Bonchev–Trinajstić information content (AvgIpc) is 3.15. The average molecular weight is 390 g/mol. The van der Waals surface area contributed by atoms with Gasteiger partial charge in [0.15, 0.2) is 5.82 Å². The third-order valence-electron chi connectivity index (χ3n) is 4.26. The number of benzene rings is 3. The lowest BCUT2D eigenvalue weighted by molar-refractivity contribution is 0.101. The van der Waals surface area contributed by atoms with Gasteiger partial charge in [0.2, 0.25) is 5.82 Å². The molecule has 0 aliphatic carbocycles. The number of carbonyl (C=O) groups excluding carboxylic acids is 1. The molecule has 1 amide bonds. The summed E-state index contributed by atoms with van der Waals surface area (Å²) in [5, 5.41) is 7.07. The van der Waals surface area contributed by atoms with Crippen molar-refractivity contribution in [1.29, 1.82) is 0 Å². The Morgan fingerprint density at radius 3 is 2.24 bits per heavy atom. The minimum atomic E-state index is -0.486. The molecule has 4 rings (SSSR count). The van der Waals surface area contributed by atoms with Crippen molar-refractivity contribution in [1.82, 2.24) is 14.8 Å². The van der Waals surface area contributed by atoms with E-state index in [1.807, 2.05) is 25.1 Å². The lowest BCUT2D eigenvalue weighted by Gasteiger charge is -2.05. The number of aryl methyl sites for hydroxylation is 1. The summed E-state index contributed by atoms with van der Waals surface area (Å²) in [6, 6.07) is 18.7. The molecule has 0 aliphatic rings. The molecule has 5 nitrogen and oxygen atoms in total. The van der Waals surface area contributed by atoms with Gasteiger partial charge in [0, 0.05) is 11.3 Å². The quantitative estimate of drug-likeness (QED) is 0.546. The van der Waals surface area contributed by atoms with E-state index in [1.54, 1.807) is 18.2 Å². The van der Waals surface area contributed by atoms with Crippen molar-refractivity contribution >= 4 is 11.6 Å². The summed E-state index contributed by atoms with van der Waals surface area (Å²) in [5.41, 5.74) is 2.71. The highest BCUT2D eigenvalue weighted by Crippen LogP contribution is 2.22. The second-order valence-corrected chi connectivity index (χ2v) is 6.48. The fraction of sp³-hybridized carbons (Fsp3) is 0.0455. The zero-order valence-corrected chi connectivity index (χ0v) is 15.4. The van der Waals surface area contributed by atoms with Crippen LogP contribution >= 0.6 is 0 Å². The SMILES string of the molecule is Cc1cccc(NC(=O)c2nc(-c3ccc(F)cc3)n(-c3ccc(F)cc3)n2)c1. The predicted octanol–water partition coefficient (Wildman–Crippen LogP) is 4.77. The van der Waals surface area contributed by atoms with Crippen molar-refractivity contribution in [2.45, 2.75) is 6.92 Å². The summed E-state index contributed by atoms with van der Waals surface area (Å²) >= 11 is 0. The highest BCUT2D eigenvalue weighted by molar-refractivity contribution is 6.01. The number of carbonyl (C=O) groups is 1. The van der Waals surface area contributed by atoms with E-state index in [0.717, 1.165) is 5.56 Å². The molecule has 0 bridgehead atoms. The van der Waals surface area contributed by atoms with Crippen molar-refractivity contribution in [3.05, 3.63) is 95.8 Å². The van der Waals surface area contributed by atoms with Gasteiger partial charge in [0.25, 0.3) is 5.91 Å². The Kier molecular flexibility index (Phi) is 4.87. The van der Waals surface area contributed by atoms with E-state index >= 15 is 0 Å². The number of nitrogens with one attached hydrogen (secondary N) is 1. The van der Waals surface area contributed by atoms with E-state index in [9.17, 15) is 13.6 Å². The minimum absolute atomic E-state index is 0.0600. The van der Waals surface area contributed by atoms with E-state index in [4.69, 9.17) is 0 Å². The number of rotatable bonds is 4. The molecule has 1 heterocycles. The summed E-state index contributed by atoms with van der Waals surface area (Å²) in [6.07, 6.45) is 0. The van der Waals surface area contributed by atoms with Gasteiger partial charge < -0.3 is 5.32 Å². The molecule has 0 radical (unpaired) electrons. The molecule has 0 atom stereocenters. The van der Waals surface area contributed by atoms with Gasteiger partial charge in [-0.1, -0.05) is 12.1 Å². The molecule has 3 aromatic carbocycles. The van der Waals surface area contributed by atoms with Gasteiger partial charge >= 0.3 is 0 Å². The molecule has 7 heteroatoms. The Morgan fingerprint density at radius 1 is 0.931 bits per heavy atom. The minimum Gasteiger partial charge on any atom is -0.319 e. The van der Waals surface area contributed by atoms with Crippen molar-refractivity contribution in [3.63, 3.8) is 0 Å². The smallest absolute Gasteiger partial charge is 0.295 e. The van der Waals surface area contributed by atoms with Crippen LogP contribution in [-0.2, 0) is 0 Å². The van der Waals surface area contributed by atoms with Crippen molar-refractivity contribution in [2.24, 2.45) is 0 Å². The van der Waals surface area contributed by atoms with E-state index < -0.39 is 11.7 Å². The van der Waals surface area contributed by atoms with Crippen LogP contribution in [0, 0.1) is 18.6 Å². The van der Waals surface area contributed by atoms with Gasteiger partial charge in [0.1, 0.15) is 11.6 Å². The van der Waals surface area contributed by atoms with Crippen LogP contribution in [0.2, 0.25) is 0 Å². The summed E-state index contributed by atoms with van der Waals surface area (Å²) in [6.45, 7) is 1.92. The van der Waals surface area contributed by atoms with Crippen molar-refractivity contribution in [3.8, 4) is 17.1 Å². The molecule has 0 spiro atoms. The molecular formula is C22H16F2N4O. The highest BCUT2D eigenvalue weighted by atomic mass is 19.1. The van der Waals surface area contributed by atoms with Crippen LogP contribution in [0.15, 0.2) is 72.8 Å². The standard InChI is InChI=1S/C22H16F2N4O/c1-14-3-2-4-18(13-14)25-22(29)20-26-21(15-5-7-16(23)8-6-15)28(27-20)19-11-9-17(24)10-12-19/h2-13H,1H3,(H,25,29). The number of anilines is 1. The van der Waals surface area contributed by atoms with Crippen LogP contribution in [0.4, 0.5) is 14.5 Å². The van der Waals surface area contributed by atoms with Crippen LogP contribution in [0.3, 0.4) is 0 Å². The Balaban J connectivity index is 1.75. The molecule has 0 unspecified atom stereocenters. The van der Waals surface area contributed by atoms with Crippen molar-refractivity contribution < 1.29 is 13.6 Å². The largest absolute Gasteiger partial charge is 0.319 e. The van der Waals surface area contributed by atoms with E-state index in [2.05, 4.69) is 15.4 Å². The van der Waals surface area contributed by atoms with Crippen molar-refractivity contribution in [2.75, 3.05) is 5.32 Å². The summed E-state index contributed by atoms with van der Waals surface area (Å²) in [4.78, 5) is 17.0. The molecule has 1 aromatic heterocycles. The van der Waals surface area contributed by atoms with Gasteiger partial charge in [-0.15, -0.1) is 5.10 Å². The maximum Gasteiger partial charge on any atom is 0.295 e. The second-order valence-electron chi connectivity index (χ2n) is 6.48. The first-order valence-electron chi connectivity index (χ1n) is 8.86. The van der Waals surface area contributed by atoms with Gasteiger partial charge in [0.05, 0.1) is 5.69 Å². The van der Waals surface area contributed by atoms with Crippen LogP contribution in [-0.4, -0.2) is 20.7 Å². The Labute approximate surface area is 165 Å². The normalized spacial score (nSPS) is 10.7. The number of hydrogen-bond donors (Lipinski definition) is 1. The number of aromatic nitrogens is 3. The third-order valence-corrected chi connectivity index (χ3v) is 4.26. The molecular weight excluding hydrogens is 374 g/mol. The number of hydrogen-bond acceptors (Lipinski definition) is 3. The first-order chi connectivity index (χ1) is 14.0. The fourth-order valence-electron chi connectivity index (χ4n) is 2.87.